The van der Waals surface area contributed by atoms with Gasteiger partial charge in [-0.1, -0.05) is 42.3 Å². The van der Waals surface area contributed by atoms with Crippen molar-refractivity contribution in [3.05, 3.63) is 70.4 Å². The molecule has 0 amide bonds. The number of ether oxygens (including phenoxy) is 1. The molecular weight excluding hydrogens is 398 g/mol. The molecule has 0 radical (unpaired) electrons. The average molecular weight is 422 g/mol. The summed E-state index contributed by atoms with van der Waals surface area (Å²) in [5.74, 6) is 0.471. The van der Waals surface area contributed by atoms with Crippen LogP contribution in [0.5, 0.6) is 0 Å². The van der Waals surface area contributed by atoms with Crippen LogP contribution in [0.15, 0.2) is 59.8 Å². The van der Waals surface area contributed by atoms with Crippen LogP contribution >= 0.6 is 11.6 Å². The first-order valence-corrected chi connectivity index (χ1v) is 10.9. The standard InChI is InChI=1S/C24H24ClN3O2/c1-15-21(23(29)30-18-7-3-2-4-8-18)22(16-11-13-17(25)14-12-16)28-20-10-6-5-9-19(20)27-24(28)26-15/h5-6,9-14,18,22H,2-4,7-8H2,1H3,(H,26,27)/t22-/m0/s1. The van der Waals surface area contributed by atoms with E-state index in [1.807, 2.05) is 55.5 Å². The number of carbonyl (C=O) groups excluding carboxylic acids is 1. The first-order chi connectivity index (χ1) is 14.6. The van der Waals surface area contributed by atoms with E-state index in [-0.39, 0.29) is 18.1 Å². The topological polar surface area (TPSA) is 56.2 Å². The molecule has 1 fully saturated rings. The molecule has 0 spiro atoms. The highest BCUT2D eigenvalue weighted by Gasteiger charge is 2.36. The molecule has 30 heavy (non-hydrogen) atoms. The number of aromatic nitrogens is 2. The van der Waals surface area contributed by atoms with Crippen LogP contribution in [-0.2, 0) is 9.53 Å². The molecule has 6 heteroatoms. The number of esters is 1. The zero-order valence-electron chi connectivity index (χ0n) is 16.9. The Morgan fingerprint density at radius 3 is 2.60 bits per heavy atom. The number of anilines is 1. The SMILES string of the molecule is CC1=C(C(=O)OC2CCCCC2)[C@H](c2ccc(Cl)cc2)n2c(nc3ccccc32)N1. The molecule has 3 aromatic rings. The molecule has 154 valence electrons. The van der Waals surface area contributed by atoms with Gasteiger partial charge in [-0.2, -0.15) is 0 Å². The highest BCUT2D eigenvalue weighted by Crippen LogP contribution is 2.40. The molecule has 1 aromatic heterocycles. The van der Waals surface area contributed by atoms with Gasteiger partial charge in [0.25, 0.3) is 0 Å². The van der Waals surface area contributed by atoms with Crippen molar-refractivity contribution >= 4 is 34.6 Å². The summed E-state index contributed by atoms with van der Waals surface area (Å²) < 4.78 is 8.07. The van der Waals surface area contributed by atoms with Gasteiger partial charge in [0, 0.05) is 10.7 Å². The van der Waals surface area contributed by atoms with Gasteiger partial charge in [-0.15, -0.1) is 0 Å². The van der Waals surface area contributed by atoms with E-state index in [1.54, 1.807) is 0 Å². The van der Waals surface area contributed by atoms with Gasteiger partial charge in [0.2, 0.25) is 5.95 Å². The normalized spacial score (nSPS) is 19.5. The third-order valence-corrected chi connectivity index (χ3v) is 6.31. The summed E-state index contributed by atoms with van der Waals surface area (Å²) in [5, 5.41) is 4.00. The summed E-state index contributed by atoms with van der Waals surface area (Å²) in [6, 6.07) is 15.3. The lowest BCUT2D eigenvalue weighted by Gasteiger charge is -2.31. The van der Waals surface area contributed by atoms with E-state index in [9.17, 15) is 4.79 Å². The van der Waals surface area contributed by atoms with Crippen LogP contribution < -0.4 is 5.32 Å². The summed E-state index contributed by atoms with van der Waals surface area (Å²) in [6.45, 7) is 1.92. The van der Waals surface area contributed by atoms with Crippen molar-refractivity contribution < 1.29 is 9.53 Å². The smallest absolute Gasteiger partial charge is 0.338 e. The van der Waals surface area contributed by atoms with Gasteiger partial charge in [0.05, 0.1) is 22.6 Å². The Bertz CT molecular complexity index is 1130. The fourth-order valence-electron chi connectivity index (χ4n) is 4.59. The number of para-hydroxylation sites is 2. The van der Waals surface area contributed by atoms with Gasteiger partial charge in [-0.3, -0.25) is 4.57 Å². The largest absolute Gasteiger partial charge is 0.459 e. The van der Waals surface area contributed by atoms with E-state index in [4.69, 9.17) is 21.3 Å². The number of nitrogens with zero attached hydrogens (tertiary/aromatic N) is 2. The monoisotopic (exact) mass is 421 g/mol. The summed E-state index contributed by atoms with van der Waals surface area (Å²) in [6.07, 6.45) is 5.33. The molecule has 1 saturated carbocycles. The van der Waals surface area contributed by atoms with E-state index in [1.165, 1.54) is 6.42 Å². The van der Waals surface area contributed by atoms with Crippen LogP contribution in [0.25, 0.3) is 11.0 Å². The van der Waals surface area contributed by atoms with Gasteiger partial charge in [0.1, 0.15) is 6.10 Å². The Kier molecular flexibility index (Phi) is 4.99. The maximum Gasteiger partial charge on any atom is 0.338 e. The van der Waals surface area contributed by atoms with Crippen molar-refractivity contribution in [2.24, 2.45) is 0 Å². The van der Waals surface area contributed by atoms with E-state index in [2.05, 4.69) is 9.88 Å². The zero-order chi connectivity index (χ0) is 20.7. The number of hydrogen-bond donors (Lipinski definition) is 1. The van der Waals surface area contributed by atoms with Gasteiger partial charge in [0.15, 0.2) is 0 Å². The minimum absolute atomic E-state index is 0.00153. The third-order valence-electron chi connectivity index (χ3n) is 6.06. The molecule has 1 aliphatic heterocycles. The molecule has 2 aromatic carbocycles. The van der Waals surface area contributed by atoms with Crippen LogP contribution in [0.2, 0.25) is 5.02 Å². The van der Waals surface area contributed by atoms with Crippen LogP contribution in [0.4, 0.5) is 5.95 Å². The molecule has 1 atom stereocenters. The number of halogens is 1. The van der Waals surface area contributed by atoms with Crippen molar-refractivity contribution in [1.82, 2.24) is 9.55 Å². The Hall–Kier alpha value is -2.79. The van der Waals surface area contributed by atoms with Crippen molar-refractivity contribution in [2.45, 2.75) is 51.2 Å². The van der Waals surface area contributed by atoms with Crippen molar-refractivity contribution in [3.8, 4) is 0 Å². The first kappa shape index (κ1) is 19.2. The quantitative estimate of drug-likeness (QED) is 0.538. The van der Waals surface area contributed by atoms with E-state index < -0.39 is 0 Å². The maximum absolute atomic E-state index is 13.4. The first-order valence-electron chi connectivity index (χ1n) is 10.5. The van der Waals surface area contributed by atoms with Crippen molar-refractivity contribution in [2.75, 3.05) is 5.32 Å². The number of imidazole rings is 1. The molecule has 0 bridgehead atoms. The minimum Gasteiger partial charge on any atom is -0.459 e. The molecular formula is C24H24ClN3O2. The zero-order valence-corrected chi connectivity index (χ0v) is 17.7. The number of fused-ring (bicyclic) bond motifs is 3. The Morgan fingerprint density at radius 2 is 1.83 bits per heavy atom. The van der Waals surface area contributed by atoms with Crippen molar-refractivity contribution in [1.29, 1.82) is 0 Å². The molecule has 5 rings (SSSR count). The Balaban J connectivity index is 1.62. The lowest BCUT2D eigenvalue weighted by atomic mass is 9.94. The van der Waals surface area contributed by atoms with E-state index in [0.29, 0.717) is 10.6 Å². The summed E-state index contributed by atoms with van der Waals surface area (Å²) in [5.41, 5.74) is 4.22. The molecule has 0 saturated heterocycles. The molecule has 0 unspecified atom stereocenters. The summed E-state index contributed by atoms with van der Waals surface area (Å²) >= 11 is 6.15. The molecule has 2 aliphatic rings. The molecule has 1 aliphatic carbocycles. The minimum atomic E-state index is -0.331. The fraction of sp³-hybridized carbons (Fsp3) is 0.333. The van der Waals surface area contributed by atoms with E-state index >= 15 is 0 Å². The average Bonchev–Trinajstić information content (AvgIpc) is 3.12. The van der Waals surface area contributed by atoms with Gasteiger partial charge < -0.3 is 10.1 Å². The number of hydrogen-bond acceptors (Lipinski definition) is 4. The summed E-state index contributed by atoms with van der Waals surface area (Å²) in [4.78, 5) is 18.2. The third kappa shape index (κ3) is 3.37. The van der Waals surface area contributed by atoms with Gasteiger partial charge in [-0.05, 0) is 62.4 Å². The fourth-order valence-corrected chi connectivity index (χ4v) is 4.71. The van der Waals surface area contributed by atoms with E-state index in [0.717, 1.165) is 53.9 Å². The number of carbonyl (C=O) groups is 1. The van der Waals surface area contributed by atoms with Crippen LogP contribution in [0, 0.1) is 0 Å². The second kappa shape index (κ2) is 7.80. The maximum atomic E-state index is 13.4. The van der Waals surface area contributed by atoms with Gasteiger partial charge >= 0.3 is 5.97 Å². The molecule has 2 heterocycles. The van der Waals surface area contributed by atoms with Gasteiger partial charge in [-0.25, -0.2) is 9.78 Å². The van der Waals surface area contributed by atoms with Crippen LogP contribution in [0.1, 0.15) is 50.6 Å². The number of benzene rings is 2. The number of allylic oxidation sites excluding steroid dienone is 1. The number of rotatable bonds is 3. The van der Waals surface area contributed by atoms with Crippen molar-refractivity contribution in [3.63, 3.8) is 0 Å². The Labute approximate surface area is 180 Å². The lowest BCUT2D eigenvalue weighted by Crippen LogP contribution is -2.31. The predicted molar refractivity (Wildman–Crippen MR) is 119 cm³/mol. The molecule has 1 N–H and O–H groups in total. The Morgan fingerprint density at radius 1 is 1.10 bits per heavy atom. The second-order valence-corrected chi connectivity index (χ2v) is 8.51. The van der Waals surface area contributed by atoms with Crippen LogP contribution in [-0.4, -0.2) is 21.6 Å². The highest BCUT2D eigenvalue weighted by molar-refractivity contribution is 6.30. The highest BCUT2D eigenvalue weighted by atomic mass is 35.5. The van der Waals surface area contributed by atoms with Crippen LogP contribution in [0.3, 0.4) is 0 Å². The lowest BCUT2D eigenvalue weighted by molar-refractivity contribution is -0.146. The predicted octanol–water partition coefficient (Wildman–Crippen LogP) is 5.85. The number of nitrogens with one attached hydrogen (secondary N) is 1. The second-order valence-electron chi connectivity index (χ2n) is 8.08. The molecule has 5 nitrogen and oxygen atoms in total. The summed E-state index contributed by atoms with van der Waals surface area (Å²) in [7, 11) is 0.